The van der Waals surface area contributed by atoms with E-state index < -0.39 is 0 Å². The van der Waals surface area contributed by atoms with E-state index in [4.69, 9.17) is 0 Å². The Morgan fingerprint density at radius 1 is 1.04 bits per heavy atom. The minimum absolute atomic E-state index is 0. The van der Waals surface area contributed by atoms with Crippen LogP contribution in [0, 0.1) is 11.5 Å². The third-order valence-electron chi connectivity index (χ3n) is 5.54. The summed E-state index contributed by atoms with van der Waals surface area (Å²) in [6, 6.07) is 15.1. The molecule has 1 radical (unpaired) electrons. The summed E-state index contributed by atoms with van der Waals surface area (Å²) in [7, 11) is 0. The molecule has 0 saturated carbocycles. The van der Waals surface area contributed by atoms with Gasteiger partial charge in [-0.05, 0) is 29.2 Å². The summed E-state index contributed by atoms with van der Waals surface area (Å²) in [5.41, 5.74) is 10.1. The van der Waals surface area contributed by atoms with E-state index in [0.717, 1.165) is 6.42 Å². The van der Waals surface area contributed by atoms with Gasteiger partial charge in [-0.15, -0.1) is 16.7 Å². The fourth-order valence-corrected chi connectivity index (χ4v) is 4.09. The molecular formula is C25H27Cl2Zr. The first-order valence-corrected chi connectivity index (χ1v) is 9.42. The maximum atomic E-state index is 3.81. The second kappa shape index (κ2) is 9.46. The zero-order valence-corrected chi connectivity index (χ0v) is 21.2. The van der Waals surface area contributed by atoms with Gasteiger partial charge in [-0.1, -0.05) is 88.2 Å². The predicted molar refractivity (Wildman–Crippen MR) is 107 cm³/mol. The summed E-state index contributed by atoms with van der Waals surface area (Å²) in [4.78, 5) is 0. The maximum Gasteiger partial charge on any atom is 3.00 e. The van der Waals surface area contributed by atoms with Crippen LogP contribution in [0.5, 0.6) is 0 Å². The van der Waals surface area contributed by atoms with Crippen molar-refractivity contribution in [3.05, 3.63) is 82.5 Å². The summed E-state index contributed by atoms with van der Waals surface area (Å²) in [6.45, 7) is 11.5. The summed E-state index contributed by atoms with van der Waals surface area (Å²) >= 11 is 0. The smallest absolute Gasteiger partial charge is 1.00 e. The minimum atomic E-state index is 0. The first kappa shape index (κ1) is 25.4. The molecule has 0 saturated heterocycles. The van der Waals surface area contributed by atoms with Gasteiger partial charge in [0.1, 0.15) is 0 Å². The van der Waals surface area contributed by atoms with Crippen LogP contribution in [0.3, 0.4) is 0 Å². The van der Waals surface area contributed by atoms with E-state index in [1.54, 1.807) is 0 Å². The average molecular weight is 490 g/mol. The van der Waals surface area contributed by atoms with Crippen LogP contribution in [-0.4, -0.2) is 0 Å². The summed E-state index contributed by atoms with van der Waals surface area (Å²) in [5, 5.41) is 0. The fraction of sp³-hybridized carbons (Fsp3) is 0.360. The zero-order chi connectivity index (χ0) is 17.8. The summed E-state index contributed by atoms with van der Waals surface area (Å²) in [6.07, 6.45) is 8.15. The van der Waals surface area contributed by atoms with Crippen LogP contribution in [0.4, 0.5) is 0 Å². The van der Waals surface area contributed by atoms with Crippen molar-refractivity contribution in [3.63, 3.8) is 0 Å². The number of halogens is 2. The maximum absolute atomic E-state index is 3.81. The summed E-state index contributed by atoms with van der Waals surface area (Å²) in [5.74, 6) is 0.866. The Balaban J connectivity index is 0.00000131. The molecule has 2 aromatic carbocycles. The first-order valence-electron chi connectivity index (χ1n) is 9.42. The van der Waals surface area contributed by atoms with Gasteiger partial charge in [0, 0.05) is 0 Å². The molecule has 0 heterocycles. The monoisotopic (exact) mass is 487 g/mol. The van der Waals surface area contributed by atoms with Gasteiger partial charge in [0.25, 0.3) is 0 Å². The Bertz CT molecular complexity index is 901. The van der Waals surface area contributed by atoms with E-state index in [1.165, 1.54) is 39.0 Å². The molecule has 1 unspecified atom stereocenters. The number of hydrogen-bond acceptors (Lipinski definition) is 0. The molecule has 0 aliphatic heterocycles. The molecule has 0 spiro atoms. The van der Waals surface area contributed by atoms with E-state index in [9.17, 15) is 0 Å². The number of allylic oxidation sites excluding steroid dienone is 4. The second-order valence-electron chi connectivity index (χ2n) is 8.78. The van der Waals surface area contributed by atoms with Gasteiger partial charge in [0.05, 0.1) is 0 Å². The van der Waals surface area contributed by atoms with Gasteiger partial charge < -0.3 is 24.8 Å². The predicted octanol–water partition coefficient (Wildman–Crippen LogP) is 0.813. The molecule has 4 rings (SSSR count). The molecule has 0 aromatic heterocycles. The molecule has 0 N–H and O–H groups in total. The minimum Gasteiger partial charge on any atom is -1.00 e. The van der Waals surface area contributed by atoms with Gasteiger partial charge >= 0.3 is 26.2 Å². The van der Waals surface area contributed by atoms with Crippen LogP contribution in [0.15, 0.2) is 54.1 Å². The largest absolute Gasteiger partial charge is 3.00 e. The number of rotatable bonds is 2. The van der Waals surface area contributed by atoms with Crippen molar-refractivity contribution in [1.82, 2.24) is 0 Å². The van der Waals surface area contributed by atoms with Crippen molar-refractivity contribution >= 4 is 0 Å². The first-order chi connectivity index (χ1) is 11.8. The molecule has 145 valence electrons. The number of benzene rings is 2. The molecule has 0 bridgehead atoms. The normalized spacial score (nSPS) is 16.5. The quantitative estimate of drug-likeness (QED) is 0.468. The van der Waals surface area contributed by atoms with Crippen molar-refractivity contribution in [1.29, 1.82) is 0 Å². The van der Waals surface area contributed by atoms with Gasteiger partial charge in [0.2, 0.25) is 0 Å². The Kier molecular flexibility index (Phi) is 8.59. The van der Waals surface area contributed by atoms with E-state index in [1.807, 2.05) is 0 Å². The molecule has 1 atom stereocenters. The third-order valence-corrected chi connectivity index (χ3v) is 5.54. The van der Waals surface area contributed by atoms with E-state index in [-0.39, 0.29) is 56.4 Å². The van der Waals surface area contributed by atoms with E-state index in [0.29, 0.717) is 11.8 Å². The average Bonchev–Trinajstić information content (AvgIpc) is 3.17. The Morgan fingerprint density at radius 3 is 2.32 bits per heavy atom. The molecule has 28 heavy (non-hydrogen) atoms. The number of hydrogen-bond donors (Lipinski definition) is 0. The topological polar surface area (TPSA) is 0 Å². The third kappa shape index (κ3) is 4.58. The summed E-state index contributed by atoms with van der Waals surface area (Å²) < 4.78 is 0. The molecule has 2 aliphatic carbocycles. The fourth-order valence-electron chi connectivity index (χ4n) is 4.09. The number of fused-ring (bicyclic) bond motifs is 3. The zero-order valence-electron chi connectivity index (χ0n) is 17.2. The van der Waals surface area contributed by atoms with Gasteiger partial charge in [-0.25, -0.2) is 0 Å². The van der Waals surface area contributed by atoms with Crippen LogP contribution in [0.1, 0.15) is 68.7 Å². The van der Waals surface area contributed by atoms with Gasteiger partial charge in [0.15, 0.2) is 0 Å². The van der Waals surface area contributed by atoms with Crippen molar-refractivity contribution < 1.29 is 51.0 Å². The van der Waals surface area contributed by atoms with E-state index >= 15 is 0 Å². The van der Waals surface area contributed by atoms with Gasteiger partial charge in [-0.3, -0.25) is 0 Å². The Hall–Kier alpha value is -0.617. The van der Waals surface area contributed by atoms with Crippen LogP contribution < -0.4 is 24.8 Å². The van der Waals surface area contributed by atoms with Crippen molar-refractivity contribution in [3.8, 4) is 11.1 Å². The van der Waals surface area contributed by atoms with E-state index in [2.05, 4.69) is 89.2 Å². The SMILES string of the molecule is CC(C)c1[c-]c2c(cc1C1C=CC(C(C)(C)C)=C1)-c1ccccc1C2.[Cl-].[Cl-].[Zr+3]. The molecule has 0 amide bonds. The molecule has 3 heteroatoms. The molecule has 2 aliphatic rings. The molecule has 0 nitrogen and oxygen atoms in total. The molecular weight excluding hydrogens is 462 g/mol. The van der Waals surface area contributed by atoms with Crippen LogP contribution >= 0.6 is 0 Å². The van der Waals surface area contributed by atoms with Crippen molar-refractivity contribution in [2.24, 2.45) is 5.41 Å². The van der Waals surface area contributed by atoms with Crippen LogP contribution in [0.2, 0.25) is 0 Å². The van der Waals surface area contributed by atoms with Crippen molar-refractivity contribution in [2.75, 3.05) is 0 Å². The van der Waals surface area contributed by atoms with Crippen LogP contribution in [0.25, 0.3) is 11.1 Å². The van der Waals surface area contributed by atoms with Crippen molar-refractivity contribution in [2.45, 2.75) is 52.9 Å². The van der Waals surface area contributed by atoms with Crippen LogP contribution in [-0.2, 0) is 32.6 Å². The standard InChI is InChI=1S/C25H27.2ClH.Zr/c1-16(2)22-14-19-12-17-8-6-7-9-21(17)24(19)15-23(22)18-10-11-20(13-18)25(3,4)5;;;/h6-11,13,15-16,18H,12H2,1-5H3;2*1H;/q-1;;;+3/p-2. The molecule has 0 fully saturated rings. The molecule has 2 aromatic rings. The Labute approximate surface area is 201 Å². The second-order valence-corrected chi connectivity index (χ2v) is 8.78. The Morgan fingerprint density at radius 2 is 1.71 bits per heavy atom. The van der Waals surface area contributed by atoms with Gasteiger partial charge in [-0.2, -0.15) is 17.7 Å².